The third kappa shape index (κ3) is 3.84. The molecule has 0 saturated heterocycles. The summed E-state index contributed by atoms with van der Waals surface area (Å²) in [6, 6.07) is 0.542. The van der Waals surface area contributed by atoms with Gasteiger partial charge in [-0.25, -0.2) is 4.98 Å². The molecule has 0 aliphatic rings. The number of unbranched alkanes of at least 4 members (excludes halogenated alkanes) is 1. The van der Waals surface area contributed by atoms with Gasteiger partial charge in [0.05, 0.1) is 12.7 Å². The fourth-order valence-corrected chi connectivity index (χ4v) is 1.61. The highest BCUT2D eigenvalue weighted by Crippen LogP contribution is 2.09. The zero-order valence-electron chi connectivity index (χ0n) is 9.76. The molecule has 1 rings (SSSR count). The predicted molar refractivity (Wildman–Crippen MR) is 64.0 cm³/mol. The van der Waals surface area contributed by atoms with E-state index in [9.17, 15) is 0 Å². The topological polar surface area (TPSA) is 29.9 Å². The van der Waals surface area contributed by atoms with E-state index in [0.717, 1.165) is 12.4 Å². The second kappa shape index (κ2) is 6.13. The summed E-state index contributed by atoms with van der Waals surface area (Å²) in [6.07, 6.45) is 5.43. The van der Waals surface area contributed by atoms with Crippen LogP contribution >= 0.6 is 11.6 Å². The average molecular weight is 230 g/mol. The third-order valence-electron chi connectivity index (χ3n) is 2.63. The number of aromatic nitrogens is 2. The minimum Gasteiger partial charge on any atom is -0.321 e. The van der Waals surface area contributed by atoms with Crippen molar-refractivity contribution in [2.45, 2.75) is 45.7 Å². The molecule has 1 aromatic rings. The van der Waals surface area contributed by atoms with Crippen LogP contribution in [0.4, 0.5) is 0 Å². The van der Waals surface area contributed by atoms with Crippen LogP contribution in [0.5, 0.6) is 0 Å². The van der Waals surface area contributed by atoms with Gasteiger partial charge in [0.25, 0.3) is 0 Å². The highest BCUT2D eigenvalue weighted by molar-refractivity contribution is 6.29. The lowest BCUT2D eigenvalue weighted by molar-refractivity contribution is 0.482. The molecule has 0 spiro atoms. The number of hydrogen-bond donors (Lipinski definition) is 1. The van der Waals surface area contributed by atoms with Gasteiger partial charge in [0, 0.05) is 13.1 Å². The monoisotopic (exact) mass is 229 g/mol. The Labute approximate surface area is 96.8 Å². The molecule has 0 bridgehead atoms. The van der Waals surface area contributed by atoms with Crippen LogP contribution in [0.25, 0.3) is 0 Å². The standard InChI is InChI=1S/C11H20ClN3/c1-4-5-6-9(2)13-8-11-14-7-10(12)15(11)3/h7,9,13H,4-6,8H2,1-3H3. The number of nitrogens with one attached hydrogen (secondary N) is 1. The van der Waals surface area contributed by atoms with Crippen LogP contribution in [-0.2, 0) is 13.6 Å². The summed E-state index contributed by atoms with van der Waals surface area (Å²) in [4.78, 5) is 4.24. The van der Waals surface area contributed by atoms with Crippen LogP contribution in [0.1, 0.15) is 38.9 Å². The van der Waals surface area contributed by atoms with Crippen LogP contribution < -0.4 is 5.32 Å². The largest absolute Gasteiger partial charge is 0.321 e. The molecular weight excluding hydrogens is 210 g/mol. The number of hydrogen-bond acceptors (Lipinski definition) is 2. The van der Waals surface area contributed by atoms with E-state index in [4.69, 9.17) is 11.6 Å². The highest BCUT2D eigenvalue weighted by Gasteiger charge is 2.06. The summed E-state index contributed by atoms with van der Waals surface area (Å²) >= 11 is 5.90. The van der Waals surface area contributed by atoms with Gasteiger partial charge in [0.2, 0.25) is 0 Å². The second-order valence-corrected chi connectivity index (χ2v) is 4.37. The molecule has 4 heteroatoms. The Bertz CT molecular complexity index is 296. The fourth-order valence-electron chi connectivity index (χ4n) is 1.47. The van der Waals surface area contributed by atoms with Gasteiger partial charge in [-0.2, -0.15) is 0 Å². The van der Waals surface area contributed by atoms with Gasteiger partial charge in [-0.3, -0.25) is 0 Å². The van der Waals surface area contributed by atoms with Crippen molar-refractivity contribution in [3.63, 3.8) is 0 Å². The average Bonchev–Trinajstić information content (AvgIpc) is 2.54. The lowest BCUT2D eigenvalue weighted by atomic mass is 10.1. The van der Waals surface area contributed by atoms with Gasteiger partial charge in [-0.05, 0) is 13.3 Å². The Kier molecular flexibility index (Phi) is 5.12. The van der Waals surface area contributed by atoms with Gasteiger partial charge in [0.1, 0.15) is 11.0 Å². The molecule has 1 N–H and O–H groups in total. The Morgan fingerprint density at radius 1 is 1.60 bits per heavy atom. The van der Waals surface area contributed by atoms with Crippen LogP contribution in [0, 0.1) is 0 Å². The van der Waals surface area contributed by atoms with Gasteiger partial charge >= 0.3 is 0 Å². The first kappa shape index (κ1) is 12.5. The molecule has 86 valence electrons. The molecule has 0 aromatic carbocycles. The predicted octanol–water partition coefficient (Wildman–Crippen LogP) is 2.74. The zero-order valence-corrected chi connectivity index (χ0v) is 10.5. The number of rotatable bonds is 6. The molecule has 3 nitrogen and oxygen atoms in total. The van der Waals surface area contributed by atoms with Gasteiger partial charge < -0.3 is 9.88 Å². The zero-order chi connectivity index (χ0) is 11.3. The maximum absolute atomic E-state index is 5.90. The molecule has 0 radical (unpaired) electrons. The first-order chi connectivity index (χ1) is 7.15. The molecule has 0 aliphatic heterocycles. The molecule has 1 heterocycles. The Morgan fingerprint density at radius 3 is 2.87 bits per heavy atom. The third-order valence-corrected chi connectivity index (χ3v) is 2.98. The van der Waals surface area contributed by atoms with E-state index >= 15 is 0 Å². The number of halogens is 1. The van der Waals surface area contributed by atoms with Crippen molar-refractivity contribution in [2.75, 3.05) is 0 Å². The van der Waals surface area contributed by atoms with Crippen molar-refractivity contribution in [1.29, 1.82) is 0 Å². The lowest BCUT2D eigenvalue weighted by Gasteiger charge is -2.12. The Morgan fingerprint density at radius 2 is 2.33 bits per heavy atom. The van der Waals surface area contributed by atoms with Crippen molar-refractivity contribution < 1.29 is 0 Å². The van der Waals surface area contributed by atoms with Crippen molar-refractivity contribution in [1.82, 2.24) is 14.9 Å². The molecule has 1 atom stereocenters. The van der Waals surface area contributed by atoms with Gasteiger partial charge in [-0.15, -0.1) is 0 Å². The maximum Gasteiger partial charge on any atom is 0.128 e. The quantitative estimate of drug-likeness (QED) is 0.813. The molecule has 0 aliphatic carbocycles. The smallest absolute Gasteiger partial charge is 0.128 e. The van der Waals surface area contributed by atoms with Crippen molar-refractivity contribution in [3.8, 4) is 0 Å². The minimum atomic E-state index is 0.542. The molecule has 0 saturated carbocycles. The van der Waals surface area contributed by atoms with E-state index in [2.05, 4.69) is 24.1 Å². The summed E-state index contributed by atoms with van der Waals surface area (Å²) in [5.74, 6) is 0.989. The molecule has 1 unspecified atom stereocenters. The molecule has 1 aromatic heterocycles. The first-order valence-corrected chi connectivity index (χ1v) is 5.92. The number of nitrogens with zero attached hydrogens (tertiary/aromatic N) is 2. The summed E-state index contributed by atoms with van der Waals surface area (Å²) in [5.41, 5.74) is 0. The van der Waals surface area contributed by atoms with E-state index in [0.29, 0.717) is 11.2 Å². The van der Waals surface area contributed by atoms with Crippen molar-refractivity contribution in [3.05, 3.63) is 17.2 Å². The Balaban J connectivity index is 2.33. The summed E-state index contributed by atoms with van der Waals surface area (Å²) in [6.45, 7) is 5.21. The normalized spacial score (nSPS) is 13.1. The first-order valence-electron chi connectivity index (χ1n) is 5.54. The second-order valence-electron chi connectivity index (χ2n) is 3.98. The fraction of sp³-hybridized carbons (Fsp3) is 0.727. The van der Waals surface area contributed by atoms with Crippen molar-refractivity contribution in [2.24, 2.45) is 7.05 Å². The van der Waals surface area contributed by atoms with Gasteiger partial charge in [0.15, 0.2) is 0 Å². The van der Waals surface area contributed by atoms with Crippen molar-refractivity contribution >= 4 is 11.6 Å². The highest BCUT2D eigenvalue weighted by atomic mass is 35.5. The lowest BCUT2D eigenvalue weighted by Crippen LogP contribution is -2.26. The van der Waals surface area contributed by atoms with Crippen LogP contribution in [0.2, 0.25) is 5.15 Å². The summed E-state index contributed by atoms with van der Waals surface area (Å²) in [5, 5.41) is 4.13. The molecular formula is C11H20ClN3. The Hall–Kier alpha value is -0.540. The molecule has 0 amide bonds. The SMILES string of the molecule is CCCCC(C)NCc1ncc(Cl)n1C. The van der Waals surface area contributed by atoms with E-state index in [-0.39, 0.29) is 0 Å². The summed E-state index contributed by atoms with van der Waals surface area (Å²) < 4.78 is 1.90. The molecule has 0 fully saturated rings. The van der Waals surface area contributed by atoms with Crippen LogP contribution in [0.15, 0.2) is 6.20 Å². The van der Waals surface area contributed by atoms with Crippen LogP contribution in [-0.4, -0.2) is 15.6 Å². The minimum absolute atomic E-state index is 0.542. The molecule has 15 heavy (non-hydrogen) atoms. The van der Waals surface area contributed by atoms with E-state index in [1.807, 2.05) is 11.6 Å². The van der Waals surface area contributed by atoms with E-state index < -0.39 is 0 Å². The maximum atomic E-state index is 5.90. The summed E-state index contributed by atoms with van der Waals surface area (Å²) in [7, 11) is 1.93. The number of imidazole rings is 1. The van der Waals surface area contributed by atoms with Gasteiger partial charge in [-0.1, -0.05) is 31.4 Å². The van der Waals surface area contributed by atoms with E-state index in [1.54, 1.807) is 6.20 Å². The van der Waals surface area contributed by atoms with Crippen LogP contribution in [0.3, 0.4) is 0 Å². The van der Waals surface area contributed by atoms with E-state index in [1.165, 1.54) is 19.3 Å².